The average Bonchev–Trinajstić information content (AvgIpc) is 3.26. The van der Waals surface area contributed by atoms with E-state index in [4.69, 9.17) is 0 Å². The van der Waals surface area contributed by atoms with Crippen LogP contribution in [0, 0.1) is 0 Å². The van der Waals surface area contributed by atoms with Crippen LogP contribution in [-0.4, -0.2) is 39.2 Å². The molecule has 1 aromatic carbocycles. The third kappa shape index (κ3) is 4.11. The van der Waals surface area contributed by atoms with E-state index in [-0.39, 0.29) is 29.8 Å². The van der Waals surface area contributed by atoms with E-state index in [1.165, 1.54) is 25.7 Å². The molecule has 7 heteroatoms. The van der Waals surface area contributed by atoms with Gasteiger partial charge in [0.05, 0.1) is 5.92 Å². The monoisotopic (exact) mass is 409 g/mol. The maximum atomic E-state index is 12.9. The molecular formula is C23H31N5O2. The normalized spacial score (nSPS) is 19.6. The second-order valence-electron chi connectivity index (χ2n) is 8.79. The third-order valence-corrected chi connectivity index (χ3v) is 6.26. The first-order valence-electron chi connectivity index (χ1n) is 11.1. The Balaban J connectivity index is 1.61. The Hall–Kier alpha value is -2.70. The zero-order chi connectivity index (χ0) is 21.3. The fraction of sp³-hybridized carbons (Fsp3) is 0.565. The highest BCUT2D eigenvalue weighted by Gasteiger charge is 2.35. The summed E-state index contributed by atoms with van der Waals surface area (Å²) in [6.45, 7) is 6.18. The molecule has 0 saturated heterocycles. The van der Waals surface area contributed by atoms with Gasteiger partial charge in [0, 0.05) is 36.8 Å². The maximum Gasteiger partial charge on any atom is 0.251 e. The molecule has 0 radical (unpaired) electrons. The summed E-state index contributed by atoms with van der Waals surface area (Å²) >= 11 is 0. The molecule has 1 saturated carbocycles. The second kappa shape index (κ2) is 8.58. The van der Waals surface area contributed by atoms with E-state index in [1.54, 1.807) is 18.2 Å². The lowest BCUT2D eigenvalue weighted by Gasteiger charge is -2.17. The zero-order valence-corrected chi connectivity index (χ0v) is 18.1. The van der Waals surface area contributed by atoms with E-state index in [2.05, 4.69) is 29.2 Å². The van der Waals surface area contributed by atoms with Crippen LogP contribution in [0.1, 0.15) is 93.0 Å². The van der Waals surface area contributed by atoms with Gasteiger partial charge in [-0.3, -0.25) is 14.3 Å². The molecule has 7 nitrogen and oxygen atoms in total. The molecule has 4 rings (SSSR count). The first-order valence-corrected chi connectivity index (χ1v) is 11.1. The number of hydrogen-bond donors (Lipinski definition) is 1. The van der Waals surface area contributed by atoms with Crippen LogP contribution in [0.25, 0.3) is 0 Å². The van der Waals surface area contributed by atoms with Gasteiger partial charge in [0.15, 0.2) is 5.82 Å². The van der Waals surface area contributed by atoms with Crippen molar-refractivity contribution in [2.24, 2.45) is 0 Å². The Labute approximate surface area is 177 Å². The minimum Gasteiger partial charge on any atom is -0.349 e. The first-order chi connectivity index (χ1) is 14.4. The molecule has 1 aromatic heterocycles. The summed E-state index contributed by atoms with van der Waals surface area (Å²) in [7, 11) is 0. The molecule has 2 aliphatic rings. The highest BCUT2D eigenvalue weighted by Crippen LogP contribution is 2.39. The summed E-state index contributed by atoms with van der Waals surface area (Å²) in [5.41, 5.74) is 2.43. The van der Waals surface area contributed by atoms with Gasteiger partial charge in [0.25, 0.3) is 5.91 Å². The van der Waals surface area contributed by atoms with Crippen LogP contribution in [0.3, 0.4) is 0 Å². The minimum absolute atomic E-state index is 0.0160. The van der Waals surface area contributed by atoms with Gasteiger partial charge in [0.1, 0.15) is 6.33 Å². The van der Waals surface area contributed by atoms with Crippen molar-refractivity contribution in [1.82, 2.24) is 20.1 Å². The van der Waals surface area contributed by atoms with Gasteiger partial charge in [-0.05, 0) is 50.5 Å². The molecule has 1 N–H and O–H groups in total. The lowest BCUT2D eigenvalue weighted by atomic mass is 9.98. The number of benzene rings is 1. The van der Waals surface area contributed by atoms with Crippen LogP contribution in [0.5, 0.6) is 0 Å². The van der Waals surface area contributed by atoms with Gasteiger partial charge in [-0.2, -0.15) is 5.10 Å². The average molecular weight is 410 g/mol. The van der Waals surface area contributed by atoms with E-state index < -0.39 is 0 Å². The van der Waals surface area contributed by atoms with E-state index in [0.717, 1.165) is 24.1 Å². The Morgan fingerprint density at radius 3 is 2.50 bits per heavy atom. The number of carbonyl (C=O) groups excluding carboxylic acids is 2. The van der Waals surface area contributed by atoms with E-state index >= 15 is 0 Å². The Bertz CT molecular complexity index is 927. The third-order valence-electron chi connectivity index (χ3n) is 6.26. The smallest absolute Gasteiger partial charge is 0.251 e. The van der Waals surface area contributed by atoms with Gasteiger partial charge in [-0.25, -0.2) is 4.98 Å². The molecule has 1 fully saturated rings. The topological polar surface area (TPSA) is 80.1 Å². The Morgan fingerprint density at radius 1 is 1.13 bits per heavy atom. The number of anilines is 1. The highest BCUT2D eigenvalue weighted by molar-refractivity contribution is 5.98. The van der Waals surface area contributed by atoms with E-state index in [0.29, 0.717) is 17.9 Å². The van der Waals surface area contributed by atoms with Gasteiger partial charge in [-0.15, -0.1) is 0 Å². The molecule has 2 amide bonds. The fourth-order valence-corrected chi connectivity index (χ4v) is 4.51. The van der Waals surface area contributed by atoms with Crippen molar-refractivity contribution in [3.05, 3.63) is 41.5 Å². The van der Waals surface area contributed by atoms with Crippen molar-refractivity contribution in [3.63, 3.8) is 0 Å². The van der Waals surface area contributed by atoms with Crippen LogP contribution in [0.15, 0.2) is 24.5 Å². The number of rotatable bonds is 4. The summed E-state index contributed by atoms with van der Waals surface area (Å²) in [5.74, 6) is 0.507. The zero-order valence-electron chi connectivity index (χ0n) is 18.1. The molecule has 0 bridgehead atoms. The van der Waals surface area contributed by atoms with Gasteiger partial charge < -0.3 is 10.2 Å². The number of aromatic nitrogens is 3. The minimum atomic E-state index is -0.130. The predicted molar refractivity (Wildman–Crippen MR) is 116 cm³/mol. The number of hydrogen-bond acceptors (Lipinski definition) is 4. The van der Waals surface area contributed by atoms with Crippen LogP contribution in [-0.2, 0) is 4.79 Å². The largest absolute Gasteiger partial charge is 0.349 e. The lowest BCUT2D eigenvalue weighted by molar-refractivity contribution is -0.116. The van der Waals surface area contributed by atoms with Crippen molar-refractivity contribution in [2.75, 3.05) is 11.4 Å². The molecule has 2 aromatic rings. The van der Waals surface area contributed by atoms with Gasteiger partial charge in [0.2, 0.25) is 5.91 Å². The molecule has 1 aliphatic carbocycles. The van der Waals surface area contributed by atoms with Crippen molar-refractivity contribution >= 4 is 17.5 Å². The number of nitrogens with one attached hydrogen (secondary N) is 1. The molecular weight excluding hydrogens is 378 g/mol. The summed E-state index contributed by atoms with van der Waals surface area (Å²) in [6, 6.07) is 6.10. The highest BCUT2D eigenvalue weighted by atomic mass is 16.2. The molecule has 0 spiro atoms. The summed E-state index contributed by atoms with van der Waals surface area (Å²) < 4.78 is 1.83. The number of fused-ring (bicyclic) bond motifs is 1. The van der Waals surface area contributed by atoms with Gasteiger partial charge >= 0.3 is 0 Å². The molecule has 160 valence electrons. The fourth-order valence-electron chi connectivity index (χ4n) is 4.51. The molecule has 1 atom stereocenters. The Morgan fingerprint density at radius 2 is 1.87 bits per heavy atom. The lowest BCUT2D eigenvalue weighted by Crippen LogP contribution is -2.34. The van der Waals surface area contributed by atoms with Crippen molar-refractivity contribution in [3.8, 4) is 0 Å². The van der Waals surface area contributed by atoms with Crippen molar-refractivity contribution < 1.29 is 9.59 Å². The predicted octanol–water partition coefficient (Wildman–Crippen LogP) is 3.81. The van der Waals surface area contributed by atoms with E-state index in [9.17, 15) is 9.59 Å². The number of carbonyl (C=O) groups is 2. The molecule has 1 aliphatic heterocycles. The SMILES string of the molecule is CC(=O)N1CC(c2ncn(C(C)C)n2)c2cc(C(=O)NC3CCCCCC3)ccc21. The summed E-state index contributed by atoms with van der Waals surface area (Å²) in [4.78, 5) is 31.4. The first kappa shape index (κ1) is 20.6. The van der Waals surface area contributed by atoms with E-state index in [1.807, 2.05) is 22.9 Å². The summed E-state index contributed by atoms with van der Waals surface area (Å²) in [6.07, 6.45) is 8.69. The second-order valence-corrected chi connectivity index (χ2v) is 8.79. The van der Waals surface area contributed by atoms with Crippen LogP contribution in [0.4, 0.5) is 5.69 Å². The maximum absolute atomic E-state index is 12.9. The summed E-state index contributed by atoms with van der Waals surface area (Å²) in [5, 5.41) is 7.85. The molecule has 30 heavy (non-hydrogen) atoms. The quantitative estimate of drug-likeness (QED) is 0.779. The van der Waals surface area contributed by atoms with Gasteiger partial charge in [-0.1, -0.05) is 25.7 Å². The molecule has 2 heterocycles. The van der Waals surface area contributed by atoms with Crippen molar-refractivity contribution in [2.45, 2.75) is 77.3 Å². The van der Waals surface area contributed by atoms with Crippen molar-refractivity contribution in [1.29, 1.82) is 0 Å². The number of nitrogens with zero attached hydrogens (tertiary/aromatic N) is 4. The molecule has 1 unspecified atom stereocenters. The Kier molecular flexibility index (Phi) is 5.88. The number of amides is 2. The standard InChI is InChI=1S/C23H31N5O2/c1-15(2)28-14-24-22(26-28)20-13-27(16(3)29)21-11-10-17(12-19(20)21)23(30)25-18-8-6-4-5-7-9-18/h10-12,14-15,18,20H,4-9,13H2,1-3H3,(H,25,30). The van der Waals surface area contributed by atoms with Crippen LogP contribution < -0.4 is 10.2 Å². The van der Waals surface area contributed by atoms with Crippen LogP contribution >= 0.6 is 0 Å². The van der Waals surface area contributed by atoms with Crippen LogP contribution in [0.2, 0.25) is 0 Å².